The van der Waals surface area contributed by atoms with E-state index in [0.717, 1.165) is 25.7 Å². The Balaban J connectivity index is 1.82. The zero-order chi connectivity index (χ0) is 11.4. The predicted octanol–water partition coefficient (Wildman–Crippen LogP) is -0.336. The lowest BCUT2D eigenvalue weighted by Gasteiger charge is -2.29. The van der Waals surface area contributed by atoms with Crippen molar-refractivity contribution in [1.82, 2.24) is 20.3 Å². The summed E-state index contributed by atoms with van der Waals surface area (Å²) in [7, 11) is 0. The number of nitrogens with zero attached hydrogens (tertiary/aromatic N) is 3. The number of nitrogens with two attached hydrogens (primary N) is 1. The Morgan fingerprint density at radius 2 is 2.31 bits per heavy atom. The van der Waals surface area contributed by atoms with Crippen LogP contribution in [-0.4, -0.2) is 33.0 Å². The van der Waals surface area contributed by atoms with Crippen LogP contribution in [0.15, 0.2) is 12.4 Å². The molecular formula is C10H17N5O. The summed E-state index contributed by atoms with van der Waals surface area (Å²) in [6, 6.07) is 0.207. The number of amides is 1. The Kier molecular flexibility index (Phi) is 3.51. The van der Waals surface area contributed by atoms with Gasteiger partial charge in [-0.25, -0.2) is 4.68 Å². The van der Waals surface area contributed by atoms with E-state index in [2.05, 4.69) is 15.6 Å². The van der Waals surface area contributed by atoms with Crippen LogP contribution in [0, 0.1) is 0 Å². The molecule has 2 unspecified atom stereocenters. The lowest BCUT2D eigenvalue weighted by atomic mass is 9.91. The number of carbonyl (C=O) groups is 1. The van der Waals surface area contributed by atoms with E-state index in [0.29, 0.717) is 0 Å². The topological polar surface area (TPSA) is 85.8 Å². The van der Waals surface area contributed by atoms with Crippen LogP contribution in [-0.2, 0) is 11.3 Å². The number of carbonyl (C=O) groups excluding carboxylic acids is 1. The normalized spacial score (nSPS) is 25.3. The molecule has 6 nitrogen and oxygen atoms in total. The lowest BCUT2D eigenvalue weighted by Crippen LogP contribution is -2.50. The standard InChI is InChI=1S/C10H17N5O/c11-8-3-1-2-4-9(8)13-10(16)7-15-6-5-12-14-15/h5-6,8-9H,1-4,7,11H2,(H,13,16). The van der Waals surface area contributed by atoms with Crippen LogP contribution >= 0.6 is 0 Å². The molecule has 0 radical (unpaired) electrons. The van der Waals surface area contributed by atoms with Crippen LogP contribution < -0.4 is 11.1 Å². The molecule has 0 saturated heterocycles. The lowest BCUT2D eigenvalue weighted by molar-refractivity contribution is -0.122. The maximum atomic E-state index is 11.7. The van der Waals surface area contributed by atoms with Gasteiger partial charge in [-0.05, 0) is 12.8 Å². The summed E-state index contributed by atoms with van der Waals surface area (Å²) in [4.78, 5) is 11.7. The average molecular weight is 223 g/mol. The quantitative estimate of drug-likeness (QED) is 0.734. The van der Waals surface area contributed by atoms with E-state index in [1.807, 2.05) is 0 Å². The molecular weight excluding hydrogens is 206 g/mol. The molecule has 0 spiro atoms. The van der Waals surface area contributed by atoms with Gasteiger partial charge in [0.05, 0.1) is 6.20 Å². The van der Waals surface area contributed by atoms with Crippen molar-refractivity contribution in [1.29, 1.82) is 0 Å². The number of aromatic nitrogens is 3. The van der Waals surface area contributed by atoms with E-state index in [9.17, 15) is 4.79 Å². The first-order valence-corrected chi connectivity index (χ1v) is 5.65. The second-order valence-electron chi connectivity index (χ2n) is 4.22. The SMILES string of the molecule is NC1CCCCC1NC(=O)Cn1ccnn1. The van der Waals surface area contributed by atoms with Gasteiger partial charge in [0.25, 0.3) is 0 Å². The fourth-order valence-corrected chi connectivity index (χ4v) is 2.06. The third-order valence-electron chi connectivity index (χ3n) is 2.94. The molecule has 1 aromatic rings. The molecule has 1 amide bonds. The highest BCUT2D eigenvalue weighted by Crippen LogP contribution is 2.16. The van der Waals surface area contributed by atoms with E-state index in [1.165, 1.54) is 4.68 Å². The molecule has 2 atom stereocenters. The highest BCUT2D eigenvalue weighted by molar-refractivity contribution is 5.76. The summed E-state index contributed by atoms with van der Waals surface area (Å²) in [6.45, 7) is 0.212. The fourth-order valence-electron chi connectivity index (χ4n) is 2.06. The highest BCUT2D eigenvalue weighted by atomic mass is 16.2. The first-order chi connectivity index (χ1) is 7.75. The summed E-state index contributed by atoms with van der Waals surface area (Å²) in [5.74, 6) is -0.0483. The predicted molar refractivity (Wildman–Crippen MR) is 58.4 cm³/mol. The van der Waals surface area contributed by atoms with Crippen LogP contribution in [0.4, 0.5) is 0 Å². The molecule has 2 rings (SSSR count). The fraction of sp³-hybridized carbons (Fsp3) is 0.700. The monoisotopic (exact) mass is 223 g/mol. The van der Waals surface area contributed by atoms with Gasteiger partial charge >= 0.3 is 0 Å². The van der Waals surface area contributed by atoms with E-state index < -0.39 is 0 Å². The van der Waals surface area contributed by atoms with Gasteiger partial charge in [-0.3, -0.25) is 4.79 Å². The minimum absolute atomic E-state index is 0.0483. The second-order valence-corrected chi connectivity index (χ2v) is 4.22. The van der Waals surface area contributed by atoms with Crippen molar-refractivity contribution < 1.29 is 4.79 Å². The average Bonchev–Trinajstić information content (AvgIpc) is 2.74. The van der Waals surface area contributed by atoms with E-state index in [-0.39, 0.29) is 24.5 Å². The first kappa shape index (κ1) is 11.1. The van der Waals surface area contributed by atoms with Crippen molar-refractivity contribution in [2.45, 2.75) is 44.3 Å². The number of nitrogens with one attached hydrogen (secondary N) is 1. The van der Waals surface area contributed by atoms with Crippen molar-refractivity contribution in [3.63, 3.8) is 0 Å². The number of hydrogen-bond donors (Lipinski definition) is 2. The molecule has 6 heteroatoms. The smallest absolute Gasteiger partial charge is 0.242 e. The zero-order valence-corrected chi connectivity index (χ0v) is 9.17. The Labute approximate surface area is 94.2 Å². The van der Waals surface area contributed by atoms with Gasteiger partial charge in [0, 0.05) is 18.3 Å². The maximum Gasteiger partial charge on any atom is 0.242 e. The van der Waals surface area contributed by atoms with Gasteiger partial charge < -0.3 is 11.1 Å². The van der Waals surface area contributed by atoms with Gasteiger partial charge in [-0.2, -0.15) is 0 Å². The molecule has 88 valence electrons. The highest BCUT2D eigenvalue weighted by Gasteiger charge is 2.23. The van der Waals surface area contributed by atoms with Crippen LogP contribution in [0.1, 0.15) is 25.7 Å². The number of rotatable bonds is 3. The third-order valence-corrected chi connectivity index (χ3v) is 2.94. The van der Waals surface area contributed by atoms with Gasteiger partial charge in [0.2, 0.25) is 5.91 Å². The summed E-state index contributed by atoms with van der Waals surface area (Å²) in [5.41, 5.74) is 5.95. The van der Waals surface area contributed by atoms with Gasteiger partial charge in [-0.15, -0.1) is 5.10 Å². The molecule has 1 heterocycles. The molecule has 0 aromatic carbocycles. The molecule has 1 aromatic heterocycles. The van der Waals surface area contributed by atoms with Crippen molar-refractivity contribution in [3.05, 3.63) is 12.4 Å². The minimum Gasteiger partial charge on any atom is -0.350 e. The molecule has 16 heavy (non-hydrogen) atoms. The van der Waals surface area contributed by atoms with E-state index in [4.69, 9.17) is 5.73 Å². The maximum absolute atomic E-state index is 11.7. The Morgan fingerprint density at radius 3 is 3.00 bits per heavy atom. The van der Waals surface area contributed by atoms with Crippen molar-refractivity contribution in [3.8, 4) is 0 Å². The molecule has 1 saturated carbocycles. The van der Waals surface area contributed by atoms with Crippen LogP contribution in [0.25, 0.3) is 0 Å². The molecule has 1 fully saturated rings. The molecule has 1 aliphatic rings. The summed E-state index contributed by atoms with van der Waals surface area (Å²) in [5, 5.41) is 10.3. The Morgan fingerprint density at radius 1 is 1.50 bits per heavy atom. The Hall–Kier alpha value is -1.43. The van der Waals surface area contributed by atoms with Crippen molar-refractivity contribution in [2.24, 2.45) is 5.73 Å². The first-order valence-electron chi connectivity index (χ1n) is 5.65. The third kappa shape index (κ3) is 2.79. The van der Waals surface area contributed by atoms with Crippen LogP contribution in [0.3, 0.4) is 0 Å². The Bertz CT molecular complexity index is 337. The largest absolute Gasteiger partial charge is 0.350 e. The van der Waals surface area contributed by atoms with Gasteiger partial charge in [0.15, 0.2) is 0 Å². The summed E-state index contributed by atoms with van der Waals surface area (Å²) >= 11 is 0. The summed E-state index contributed by atoms with van der Waals surface area (Å²) in [6.07, 6.45) is 7.50. The molecule has 1 aliphatic carbocycles. The summed E-state index contributed by atoms with van der Waals surface area (Å²) < 4.78 is 1.50. The van der Waals surface area contributed by atoms with Crippen LogP contribution in [0.5, 0.6) is 0 Å². The van der Waals surface area contributed by atoms with Crippen molar-refractivity contribution in [2.75, 3.05) is 0 Å². The second kappa shape index (κ2) is 5.07. The van der Waals surface area contributed by atoms with Crippen LogP contribution in [0.2, 0.25) is 0 Å². The minimum atomic E-state index is -0.0483. The molecule has 3 N–H and O–H groups in total. The molecule has 0 bridgehead atoms. The van der Waals surface area contributed by atoms with E-state index >= 15 is 0 Å². The van der Waals surface area contributed by atoms with E-state index in [1.54, 1.807) is 12.4 Å². The number of hydrogen-bond acceptors (Lipinski definition) is 4. The van der Waals surface area contributed by atoms with Gasteiger partial charge in [-0.1, -0.05) is 18.1 Å². The van der Waals surface area contributed by atoms with Crippen molar-refractivity contribution >= 4 is 5.91 Å². The van der Waals surface area contributed by atoms with Gasteiger partial charge in [0.1, 0.15) is 6.54 Å². The molecule has 0 aliphatic heterocycles. The zero-order valence-electron chi connectivity index (χ0n) is 9.17.